The van der Waals surface area contributed by atoms with Crippen molar-refractivity contribution in [2.45, 2.75) is 45.7 Å². The molecule has 132 valence electrons. The number of nitrogens with one attached hydrogen (secondary N) is 1. The van der Waals surface area contributed by atoms with E-state index in [0.717, 1.165) is 44.6 Å². The molecule has 0 saturated heterocycles. The summed E-state index contributed by atoms with van der Waals surface area (Å²) in [6.07, 6.45) is 2.68. The van der Waals surface area contributed by atoms with Crippen LogP contribution in [-0.2, 0) is 11.3 Å². The van der Waals surface area contributed by atoms with Crippen LogP contribution in [0.15, 0.2) is 24.3 Å². The fourth-order valence-corrected chi connectivity index (χ4v) is 2.95. The molecule has 2 atom stereocenters. The van der Waals surface area contributed by atoms with Gasteiger partial charge in [0.15, 0.2) is 0 Å². The molecule has 6 heteroatoms. The van der Waals surface area contributed by atoms with Crippen LogP contribution in [0.1, 0.15) is 38.7 Å². The van der Waals surface area contributed by atoms with Crippen molar-refractivity contribution >= 4 is 36.4 Å². The smallest absolute Gasteiger partial charge is 0.227 e. The minimum atomic E-state index is 0. The van der Waals surface area contributed by atoms with Crippen LogP contribution in [0.2, 0.25) is 0 Å². The van der Waals surface area contributed by atoms with Gasteiger partial charge in [-0.2, -0.15) is 0 Å². The van der Waals surface area contributed by atoms with Crippen LogP contribution in [0.3, 0.4) is 0 Å². The quantitative estimate of drug-likeness (QED) is 0.815. The molecule has 3 N–H and O–H groups in total. The fourth-order valence-electron chi connectivity index (χ4n) is 2.95. The molecule has 4 nitrogen and oxygen atoms in total. The van der Waals surface area contributed by atoms with Gasteiger partial charge in [0.25, 0.3) is 0 Å². The second kappa shape index (κ2) is 10.9. The number of halogens is 2. The van der Waals surface area contributed by atoms with E-state index in [4.69, 9.17) is 5.73 Å². The summed E-state index contributed by atoms with van der Waals surface area (Å²) in [6, 6.07) is 8.34. The van der Waals surface area contributed by atoms with E-state index in [1.807, 2.05) is 12.1 Å². The van der Waals surface area contributed by atoms with E-state index in [1.165, 1.54) is 5.56 Å². The summed E-state index contributed by atoms with van der Waals surface area (Å²) >= 11 is 0. The minimum Gasteiger partial charge on any atom is -0.328 e. The lowest BCUT2D eigenvalue weighted by molar-refractivity contribution is -0.119. The molecule has 0 radical (unpaired) electrons. The molecule has 1 amide bonds. The van der Waals surface area contributed by atoms with Crippen LogP contribution in [0.5, 0.6) is 0 Å². The Kier molecular flexibility index (Phi) is 10.5. The second-order valence-electron chi connectivity index (χ2n) is 5.92. The number of rotatable bonds is 6. The first-order valence-corrected chi connectivity index (χ1v) is 8.00. The molecule has 2 rings (SSSR count). The van der Waals surface area contributed by atoms with Gasteiger partial charge in [0.05, 0.1) is 0 Å². The lowest BCUT2D eigenvalue weighted by Crippen LogP contribution is -2.24. The molecule has 1 fully saturated rings. The van der Waals surface area contributed by atoms with E-state index in [1.54, 1.807) is 0 Å². The number of hydrogen-bond donors (Lipinski definition) is 2. The largest absolute Gasteiger partial charge is 0.328 e. The highest BCUT2D eigenvalue weighted by Crippen LogP contribution is 2.25. The Bertz CT molecular complexity index is 481. The Morgan fingerprint density at radius 2 is 1.96 bits per heavy atom. The fraction of sp³-hybridized carbons (Fsp3) is 0.588. The van der Waals surface area contributed by atoms with E-state index in [9.17, 15) is 4.79 Å². The summed E-state index contributed by atoms with van der Waals surface area (Å²) in [5.41, 5.74) is 8.01. The van der Waals surface area contributed by atoms with Gasteiger partial charge in [-0.25, -0.2) is 0 Å². The Labute approximate surface area is 152 Å². The number of anilines is 1. The molecule has 0 aliphatic heterocycles. The van der Waals surface area contributed by atoms with Crippen LogP contribution < -0.4 is 11.1 Å². The summed E-state index contributed by atoms with van der Waals surface area (Å²) in [5.74, 6) is 0.189. The maximum atomic E-state index is 12.2. The molecule has 0 bridgehead atoms. The van der Waals surface area contributed by atoms with Gasteiger partial charge in [0.1, 0.15) is 0 Å². The molecule has 0 spiro atoms. The SMILES string of the molecule is CCN(CC)Cc1cccc(NC(=O)C2CCC(N)C2)c1.Cl.Cl. The summed E-state index contributed by atoms with van der Waals surface area (Å²) in [4.78, 5) is 14.6. The molecule has 1 aliphatic rings. The first-order chi connectivity index (χ1) is 10.1. The molecule has 2 unspecified atom stereocenters. The Hall–Kier alpha value is -0.810. The first-order valence-electron chi connectivity index (χ1n) is 8.00. The van der Waals surface area contributed by atoms with Crippen LogP contribution in [-0.4, -0.2) is 29.9 Å². The third kappa shape index (κ3) is 6.68. The highest BCUT2D eigenvalue weighted by atomic mass is 35.5. The predicted molar refractivity (Wildman–Crippen MR) is 102 cm³/mol. The van der Waals surface area contributed by atoms with Crippen LogP contribution in [0.25, 0.3) is 0 Å². The highest BCUT2D eigenvalue weighted by molar-refractivity contribution is 5.92. The average Bonchev–Trinajstić information content (AvgIpc) is 2.92. The lowest BCUT2D eigenvalue weighted by atomic mass is 10.1. The maximum Gasteiger partial charge on any atom is 0.227 e. The second-order valence-corrected chi connectivity index (χ2v) is 5.92. The van der Waals surface area contributed by atoms with Gasteiger partial charge in [-0.15, -0.1) is 24.8 Å². The summed E-state index contributed by atoms with van der Waals surface area (Å²) in [7, 11) is 0. The van der Waals surface area contributed by atoms with Crippen molar-refractivity contribution in [3.63, 3.8) is 0 Å². The summed E-state index contributed by atoms with van der Waals surface area (Å²) in [5, 5.41) is 3.04. The Morgan fingerprint density at radius 3 is 2.52 bits per heavy atom. The monoisotopic (exact) mass is 361 g/mol. The molecule has 23 heavy (non-hydrogen) atoms. The summed E-state index contributed by atoms with van der Waals surface area (Å²) < 4.78 is 0. The average molecular weight is 362 g/mol. The van der Waals surface area contributed by atoms with Crippen LogP contribution in [0.4, 0.5) is 5.69 Å². The van der Waals surface area contributed by atoms with E-state index < -0.39 is 0 Å². The van der Waals surface area contributed by atoms with Crippen LogP contribution in [0, 0.1) is 5.92 Å². The van der Waals surface area contributed by atoms with Crippen molar-refractivity contribution in [1.29, 1.82) is 0 Å². The number of nitrogens with two attached hydrogens (primary N) is 1. The number of amides is 1. The van der Waals surface area contributed by atoms with E-state index in [-0.39, 0.29) is 42.7 Å². The third-order valence-corrected chi connectivity index (χ3v) is 4.34. The van der Waals surface area contributed by atoms with Crippen molar-refractivity contribution < 1.29 is 4.79 Å². The first kappa shape index (κ1) is 22.2. The van der Waals surface area contributed by atoms with Gasteiger partial charge < -0.3 is 11.1 Å². The zero-order valence-electron chi connectivity index (χ0n) is 14.0. The zero-order valence-corrected chi connectivity index (χ0v) is 15.6. The van der Waals surface area contributed by atoms with E-state index >= 15 is 0 Å². The molecular formula is C17H29Cl2N3O. The van der Waals surface area contributed by atoms with Gasteiger partial charge in [0, 0.05) is 24.2 Å². The Balaban J connectivity index is 0.00000242. The maximum absolute atomic E-state index is 12.2. The zero-order chi connectivity index (χ0) is 15.2. The van der Waals surface area contributed by atoms with E-state index in [2.05, 4.69) is 36.2 Å². The highest BCUT2D eigenvalue weighted by Gasteiger charge is 2.27. The van der Waals surface area contributed by atoms with Crippen molar-refractivity contribution in [3.05, 3.63) is 29.8 Å². The molecule has 1 aliphatic carbocycles. The van der Waals surface area contributed by atoms with Gasteiger partial charge in [0.2, 0.25) is 5.91 Å². The number of carbonyl (C=O) groups excluding carboxylic acids is 1. The number of hydrogen-bond acceptors (Lipinski definition) is 3. The molecule has 1 aromatic rings. The minimum absolute atomic E-state index is 0. The van der Waals surface area contributed by atoms with Gasteiger partial charge in [-0.1, -0.05) is 26.0 Å². The molecule has 1 saturated carbocycles. The van der Waals surface area contributed by atoms with Gasteiger partial charge >= 0.3 is 0 Å². The van der Waals surface area contributed by atoms with Gasteiger partial charge in [-0.05, 0) is 50.0 Å². The third-order valence-electron chi connectivity index (χ3n) is 4.34. The van der Waals surface area contributed by atoms with Crippen molar-refractivity contribution in [2.75, 3.05) is 18.4 Å². The molecule has 0 heterocycles. The lowest BCUT2D eigenvalue weighted by Gasteiger charge is -2.18. The van der Waals surface area contributed by atoms with Crippen molar-refractivity contribution in [1.82, 2.24) is 4.90 Å². The van der Waals surface area contributed by atoms with Crippen molar-refractivity contribution in [3.8, 4) is 0 Å². The van der Waals surface area contributed by atoms with E-state index in [0.29, 0.717) is 0 Å². The van der Waals surface area contributed by atoms with Crippen molar-refractivity contribution in [2.24, 2.45) is 11.7 Å². The normalized spacial score (nSPS) is 19.8. The van der Waals surface area contributed by atoms with Crippen LogP contribution >= 0.6 is 24.8 Å². The topological polar surface area (TPSA) is 58.4 Å². The standard InChI is InChI=1S/C17H27N3O.2ClH/c1-3-20(4-2)12-13-6-5-7-16(10-13)19-17(21)14-8-9-15(18)11-14;;/h5-7,10,14-15H,3-4,8-9,11-12,18H2,1-2H3,(H,19,21);2*1H. The number of nitrogens with zero attached hydrogens (tertiary/aromatic N) is 1. The van der Waals surface area contributed by atoms with Gasteiger partial charge in [-0.3, -0.25) is 9.69 Å². The predicted octanol–water partition coefficient (Wildman–Crippen LogP) is 3.44. The number of carbonyl (C=O) groups is 1. The number of benzene rings is 1. The molecule has 0 aromatic heterocycles. The Morgan fingerprint density at radius 1 is 1.26 bits per heavy atom. The molecular weight excluding hydrogens is 333 g/mol. The molecule has 1 aromatic carbocycles. The summed E-state index contributed by atoms with van der Waals surface area (Å²) in [6.45, 7) is 7.32.